The average molecular weight is 542 g/mol. The Hall–Kier alpha value is -5.31. The summed E-state index contributed by atoms with van der Waals surface area (Å²) in [6, 6.07) is 19.8. The number of pyridine rings is 2. The quantitative estimate of drug-likeness (QED) is 0.256. The molecule has 2 aromatic carbocycles. The molecule has 1 fully saturated rings. The van der Waals surface area contributed by atoms with Crippen molar-refractivity contribution in [2.75, 3.05) is 11.4 Å². The van der Waals surface area contributed by atoms with Crippen LogP contribution in [-0.2, 0) is 11.3 Å². The van der Waals surface area contributed by atoms with Crippen LogP contribution in [0, 0.1) is 6.92 Å². The lowest BCUT2D eigenvalue weighted by Crippen LogP contribution is -2.23. The fraction of sp³-hybridized carbons (Fsp3) is 0.156. The maximum Gasteiger partial charge on any atom is 0.268 e. The Kier molecular flexibility index (Phi) is 6.04. The van der Waals surface area contributed by atoms with E-state index in [-0.39, 0.29) is 18.4 Å². The molecule has 9 nitrogen and oxygen atoms in total. The number of fused-ring (bicyclic) bond motifs is 2. The van der Waals surface area contributed by atoms with Crippen LogP contribution in [0.2, 0.25) is 0 Å². The standard InChI is InChI=1S/C32H27N7O2/c1-19-4-2-5-26-30(19)38-28(36-26)18-35-32(41)27-15-25-24(11-12-34-31(25)37-27)22-14-21(16-33-17-22)20-7-9-23(10-8-20)39-13-3-6-29(39)40/h2,4-5,7-12,14-17H,3,6,13,18H2,1H3,(H,34,37)(H,35,41)(H,36,38). The number of nitrogens with zero attached hydrogens (tertiary/aromatic N) is 4. The molecule has 0 radical (unpaired) electrons. The second kappa shape index (κ2) is 10.0. The van der Waals surface area contributed by atoms with Crippen LogP contribution in [-0.4, -0.2) is 43.3 Å². The summed E-state index contributed by atoms with van der Waals surface area (Å²) in [5.41, 5.74) is 8.71. The van der Waals surface area contributed by atoms with Crippen LogP contribution in [0.25, 0.3) is 44.3 Å². The molecule has 0 aliphatic carbocycles. The van der Waals surface area contributed by atoms with Crippen molar-refractivity contribution in [1.82, 2.24) is 30.2 Å². The molecule has 0 atom stereocenters. The van der Waals surface area contributed by atoms with Crippen molar-refractivity contribution < 1.29 is 9.59 Å². The van der Waals surface area contributed by atoms with Gasteiger partial charge in [0.1, 0.15) is 17.2 Å². The number of hydrogen-bond acceptors (Lipinski definition) is 5. The number of carbonyl (C=O) groups excluding carboxylic acids is 2. The van der Waals surface area contributed by atoms with E-state index in [0.29, 0.717) is 23.6 Å². The topological polar surface area (TPSA) is 120 Å². The highest BCUT2D eigenvalue weighted by atomic mass is 16.2. The summed E-state index contributed by atoms with van der Waals surface area (Å²) < 4.78 is 0. The molecular formula is C32H27N7O2. The minimum absolute atomic E-state index is 0.173. The maximum absolute atomic E-state index is 13.1. The Morgan fingerprint density at radius 3 is 2.66 bits per heavy atom. The first-order valence-corrected chi connectivity index (χ1v) is 13.6. The lowest BCUT2D eigenvalue weighted by Gasteiger charge is -2.16. The van der Waals surface area contributed by atoms with Gasteiger partial charge in [0.25, 0.3) is 5.91 Å². The number of H-pyrrole nitrogens is 2. The molecule has 4 aromatic heterocycles. The number of para-hydroxylation sites is 1. The number of aromatic nitrogens is 5. The zero-order valence-corrected chi connectivity index (χ0v) is 22.4. The van der Waals surface area contributed by atoms with Gasteiger partial charge in [-0.25, -0.2) is 9.97 Å². The molecule has 0 saturated carbocycles. The van der Waals surface area contributed by atoms with E-state index in [2.05, 4.69) is 36.3 Å². The first-order chi connectivity index (χ1) is 20.0. The third-order valence-electron chi connectivity index (χ3n) is 7.59. The van der Waals surface area contributed by atoms with Gasteiger partial charge in [-0.3, -0.25) is 14.6 Å². The highest BCUT2D eigenvalue weighted by Gasteiger charge is 2.21. The number of carbonyl (C=O) groups is 2. The SMILES string of the molecule is Cc1cccc2[nH]c(CNC(=O)c3cc4c(-c5cncc(-c6ccc(N7CCCC7=O)cc6)c5)ccnc4[nH]3)nc12. The number of aromatic amines is 2. The van der Waals surface area contributed by atoms with Gasteiger partial charge in [0.15, 0.2) is 0 Å². The zero-order valence-electron chi connectivity index (χ0n) is 22.4. The van der Waals surface area contributed by atoms with Gasteiger partial charge in [-0.05, 0) is 66.4 Å². The van der Waals surface area contributed by atoms with E-state index in [1.807, 2.05) is 78.8 Å². The average Bonchev–Trinajstić information content (AvgIpc) is 3.74. The number of nitrogens with one attached hydrogen (secondary N) is 3. The van der Waals surface area contributed by atoms with Crippen LogP contribution in [0.4, 0.5) is 5.69 Å². The van der Waals surface area contributed by atoms with Crippen LogP contribution in [0.15, 0.2) is 79.3 Å². The predicted molar refractivity (Wildman–Crippen MR) is 158 cm³/mol. The van der Waals surface area contributed by atoms with E-state index in [4.69, 9.17) is 0 Å². The van der Waals surface area contributed by atoms with Crippen molar-refractivity contribution in [3.8, 4) is 22.3 Å². The Bertz CT molecular complexity index is 1940. The summed E-state index contributed by atoms with van der Waals surface area (Å²) in [7, 11) is 0. The molecule has 1 aliphatic rings. The highest BCUT2D eigenvalue weighted by Crippen LogP contribution is 2.32. The van der Waals surface area contributed by atoms with Gasteiger partial charge in [-0.15, -0.1) is 0 Å². The van der Waals surface area contributed by atoms with E-state index >= 15 is 0 Å². The third kappa shape index (κ3) is 4.61. The number of amides is 2. The molecule has 6 aromatic rings. The summed E-state index contributed by atoms with van der Waals surface area (Å²) in [6.07, 6.45) is 6.87. The molecule has 0 unspecified atom stereocenters. The normalized spacial score (nSPS) is 13.4. The van der Waals surface area contributed by atoms with E-state index in [0.717, 1.165) is 62.9 Å². The number of anilines is 1. The van der Waals surface area contributed by atoms with Crippen LogP contribution >= 0.6 is 0 Å². The molecule has 0 bridgehead atoms. The minimum atomic E-state index is -0.241. The number of hydrogen-bond donors (Lipinski definition) is 3. The summed E-state index contributed by atoms with van der Waals surface area (Å²) in [5.74, 6) is 0.627. The van der Waals surface area contributed by atoms with E-state index in [9.17, 15) is 9.59 Å². The van der Waals surface area contributed by atoms with E-state index in [1.165, 1.54) is 0 Å². The zero-order chi connectivity index (χ0) is 27.9. The number of aryl methyl sites for hydroxylation is 1. The molecule has 3 N–H and O–H groups in total. The number of benzene rings is 2. The predicted octanol–water partition coefficient (Wildman–Crippen LogP) is 5.53. The van der Waals surface area contributed by atoms with E-state index in [1.54, 1.807) is 6.20 Å². The van der Waals surface area contributed by atoms with Crippen molar-refractivity contribution in [2.24, 2.45) is 0 Å². The summed E-state index contributed by atoms with van der Waals surface area (Å²) in [6.45, 7) is 3.06. The van der Waals surface area contributed by atoms with Gasteiger partial charge in [-0.1, -0.05) is 24.3 Å². The Labute approximate surface area is 235 Å². The summed E-state index contributed by atoms with van der Waals surface area (Å²) in [5, 5.41) is 3.78. The minimum Gasteiger partial charge on any atom is -0.344 e. The van der Waals surface area contributed by atoms with Crippen molar-refractivity contribution >= 4 is 39.6 Å². The molecule has 9 heteroatoms. The maximum atomic E-state index is 13.1. The molecule has 5 heterocycles. The molecule has 1 saturated heterocycles. The third-order valence-corrected chi connectivity index (χ3v) is 7.59. The Balaban J connectivity index is 1.13. The molecule has 2 amide bonds. The van der Waals surface area contributed by atoms with Gasteiger partial charge in [-0.2, -0.15) is 0 Å². The largest absolute Gasteiger partial charge is 0.344 e. The van der Waals surface area contributed by atoms with E-state index < -0.39 is 0 Å². The fourth-order valence-corrected chi connectivity index (χ4v) is 5.47. The Morgan fingerprint density at radius 1 is 1.00 bits per heavy atom. The molecular weight excluding hydrogens is 514 g/mol. The van der Waals surface area contributed by atoms with Gasteiger partial charge in [0.2, 0.25) is 5.91 Å². The van der Waals surface area contributed by atoms with Gasteiger partial charge in [0, 0.05) is 53.8 Å². The highest BCUT2D eigenvalue weighted by molar-refractivity contribution is 6.02. The number of imidazole rings is 1. The van der Waals surface area contributed by atoms with Crippen molar-refractivity contribution in [3.63, 3.8) is 0 Å². The Morgan fingerprint density at radius 2 is 1.85 bits per heavy atom. The smallest absolute Gasteiger partial charge is 0.268 e. The van der Waals surface area contributed by atoms with Gasteiger partial charge >= 0.3 is 0 Å². The lowest BCUT2D eigenvalue weighted by atomic mass is 10.0. The lowest BCUT2D eigenvalue weighted by molar-refractivity contribution is -0.117. The van der Waals surface area contributed by atoms with Gasteiger partial charge in [0.05, 0.1) is 17.6 Å². The molecule has 202 valence electrons. The number of rotatable bonds is 6. The molecule has 0 spiro atoms. The van der Waals surface area contributed by atoms with Crippen LogP contribution in [0.3, 0.4) is 0 Å². The second-order valence-corrected chi connectivity index (χ2v) is 10.3. The first-order valence-electron chi connectivity index (χ1n) is 13.6. The summed E-state index contributed by atoms with van der Waals surface area (Å²) >= 11 is 0. The van der Waals surface area contributed by atoms with Crippen LogP contribution in [0.5, 0.6) is 0 Å². The summed E-state index contributed by atoms with van der Waals surface area (Å²) in [4.78, 5) is 47.0. The van der Waals surface area contributed by atoms with Crippen LogP contribution in [0.1, 0.15) is 34.7 Å². The molecule has 1 aliphatic heterocycles. The molecule has 7 rings (SSSR count). The van der Waals surface area contributed by atoms with Gasteiger partial charge < -0.3 is 20.2 Å². The van der Waals surface area contributed by atoms with Crippen molar-refractivity contribution in [1.29, 1.82) is 0 Å². The van der Waals surface area contributed by atoms with Crippen LogP contribution < -0.4 is 10.2 Å². The monoisotopic (exact) mass is 541 g/mol. The molecule has 41 heavy (non-hydrogen) atoms. The van der Waals surface area contributed by atoms with Crippen molar-refractivity contribution in [3.05, 3.63) is 96.3 Å². The van der Waals surface area contributed by atoms with Crippen molar-refractivity contribution in [2.45, 2.75) is 26.3 Å². The fourth-order valence-electron chi connectivity index (χ4n) is 5.47. The second-order valence-electron chi connectivity index (χ2n) is 10.3. The first kappa shape index (κ1) is 24.7.